The monoisotopic (exact) mass is 382 g/mol. The molecule has 3 aliphatic heterocycles. The molecule has 0 aromatic heterocycles. The highest BCUT2D eigenvalue weighted by molar-refractivity contribution is 5.17. The van der Waals surface area contributed by atoms with Crippen molar-refractivity contribution in [3.63, 3.8) is 0 Å². The smallest absolute Gasteiger partial charge is 0.190 e. The molecule has 0 bridgehead atoms. The standard InChI is InChI=1S/C21H34O6/c1-11-8-13(10-22-7)14(9-12(11)2)15-16-17(25-20(3,4)24-16)18-19(23-15)27-21(5,6)26-18/h13-19H,8-10H2,1-7H3/t13?,14-,15+,16-,17-,18+,19+/m0/s1. The molecule has 0 amide bonds. The molecule has 6 heteroatoms. The van der Waals surface area contributed by atoms with E-state index in [4.69, 9.17) is 28.4 Å². The van der Waals surface area contributed by atoms with Crippen LogP contribution in [0.3, 0.4) is 0 Å². The lowest BCUT2D eigenvalue weighted by molar-refractivity contribution is -0.250. The van der Waals surface area contributed by atoms with E-state index in [2.05, 4.69) is 13.8 Å². The highest BCUT2D eigenvalue weighted by atomic mass is 16.9. The summed E-state index contributed by atoms with van der Waals surface area (Å²) in [5, 5.41) is 0. The fourth-order valence-electron chi connectivity index (χ4n) is 5.18. The molecule has 3 heterocycles. The van der Waals surface area contributed by atoms with Crippen molar-refractivity contribution in [1.82, 2.24) is 0 Å². The van der Waals surface area contributed by atoms with Crippen LogP contribution in [-0.2, 0) is 28.4 Å². The maximum absolute atomic E-state index is 6.52. The van der Waals surface area contributed by atoms with Gasteiger partial charge in [0.05, 0.1) is 6.10 Å². The molecule has 4 rings (SSSR count). The zero-order chi connectivity index (χ0) is 19.6. The van der Waals surface area contributed by atoms with E-state index in [0.29, 0.717) is 18.4 Å². The normalized spacial score (nSPS) is 45.7. The van der Waals surface area contributed by atoms with Crippen molar-refractivity contribution < 1.29 is 28.4 Å². The predicted molar refractivity (Wildman–Crippen MR) is 99.0 cm³/mol. The van der Waals surface area contributed by atoms with E-state index in [9.17, 15) is 0 Å². The van der Waals surface area contributed by atoms with Crippen LogP contribution >= 0.6 is 0 Å². The fourth-order valence-corrected chi connectivity index (χ4v) is 5.18. The second kappa shape index (κ2) is 6.78. The summed E-state index contributed by atoms with van der Waals surface area (Å²) in [6.45, 7) is 12.9. The van der Waals surface area contributed by atoms with Crippen molar-refractivity contribution in [2.45, 2.75) is 96.7 Å². The molecule has 27 heavy (non-hydrogen) atoms. The molecule has 3 saturated heterocycles. The summed E-state index contributed by atoms with van der Waals surface area (Å²) < 4.78 is 36.9. The van der Waals surface area contributed by atoms with Crippen molar-refractivity contribution in [1.29, 1.82) is 0 Å². The van der Waals surface area contributed by atoms with E-state index < -0.39 is 17.9 Å². The first-order valence-corrected chi connectivity index (χ1v) is 10.1. The number of rotatable bonds is 3. The SMILES string of the molecule is COCC1CC(C)=C(C)C[C@@H]1[C@H]1O[C@@H]2OC(C)(C)O[C@@H]2[C@H]2OC(C)(C)O[C@H]21. The Morgan fingerprint density at radius 1 is 0.815 bits per heavy atom. The molecule has 4 aliphatic rings. The number of hydrogen-bond donors (Lipinski definition) is 0. The number of hydrogen-bond acceptors (Lipinski definition) is 6. The van der Waals surface area contributed by atoms with Crippen molar-refractivity contribution in [3.05, 3.63) is 11.1 Å². The second-order valence-corrected chi connectivity index (χ2v) is 9.48. The molecule has 154 valence electrons. The third kappa shape index (κ3) is 3.61. The minimum atomic E-state index is -0.685. The van der Waals surface area contributed by atoms with Crippen LogP contribution in [0.15, 0.2) is 11.1 Å². The fraction of sp³-hybridized carbons (Fsp3) is 0.905. The Balaban J connectivity index is 1.65. The number of fused-ring (bicyclic) bond motifs is 3. The van der Waals surface area contributed by atoms with Crippen molar-refractivity contribution in [2.75, 3.05) is 13.7 Å². The Hall–Kier alpha value is -0.500. The van der Waals surface area contributed by atoms with Gasteiger partial charge in [0.1, 0.15) is 18.3 Å². The zero-order valence-corrected chi connectivity index (χ0v) is 17.6. The Kier molecular flexibility index (Phi) is 4.98. The van der Waals surface area contributed by atoms with Crippen LogP contribution in [0.4, 0.5) is 0 Å². The highest BCUT2D eigenvalue weighted by Gasteiger charge is 2.62. The Morgan fingerprint density at radius 2 is 1.37 bits per heavy atom. The maximum Gasteiger partial charge on any atom is 0.190 e. The second-order valence-electron chi connectivity index (χ2n) is 9.48. The first-order valence-electron chi connectivity index (χ1n) is 10.1. The summed E-state index contributed by atoms with van der Waals surface area (Å²) in [4.78, 5) is 0. The number of ether oxygens (including phenoxy) is 6. The molecule has 0 aromatic carbocycles. The lowest BCUT2D eigenvalue weighted by Gasteiger charge is -2.45. The van der Waals surface area contributed by atoms with Gasteiger partial charge in [-0.1, -0.05) is 11.1 Å². The van der Waals surface area contributed by atoms with E-state index >= 15 is 0 Å². The molecule has 3 fully saturated rings. The lowest BCUT2D eigenvalue weighted by atomic mass is 9.71. The van der Waals surface area contributed by atoms with E-state index in [1.165, 1.54) is 11.1 Å². The van der Waals surface area contributed by atoms with E-state index in [-0.39, 0.29) is 24.4 Å². The molecular formula is C21H34O6. The topological polar surface area (TPSA) is 55.4 Å². The molecule has 0 spiro atoms. The van der Waals surface area contributed by atoms with Gasteiger partial charge >= 0.3 is 0 Å². The van der Waals surface area contributed by atoms with Gasteiger partial charge in [-0.2, -0.15) is 0 Å². The minimum absolute atomic E-state index is 0.112. The third-order valence-corrected chi connectivity index (χ3v) is 6.44. The average Bonchev–Trinajstić information content (AvgIpc) is 3.04. The summed E-state index contributed by atoms with van der Waals surface area (Å²) in [6, 6.07) is 0. The van der Waals surface area contributed by atoms with Crippen LogP contribution in [0.25, 0.3) is 0 Å². The van der Waals surface area contributed by atoms with Gasteiger partial charge in [0.25, 0.3) is 0 Å². The van der Waals surface area contributed by atoms with Gasteiger partial charge < -0.3 is 28.4 Å². The molecule has 6 nitrogen and oxygen atoms in total. The van der Waals surface area contributed by atoms with Gasteiger partial charge in [-0.25, -0.2) is 0 Å². The van der Waals surface area contributed by atoms with Crippen LogP contribution in [0.5, 0.6) is 0 Å². The van der Waals surface area contributed by atoms with Gasteiger partial charge in [0.15, 0.2) is 17.9 Å². The summed E-state index contributed by atoms with van der Waals surface area (Å²) in [5.41, 5.74) is 2.90. The van der Waals surface area contributed by atoms with Gasteiger partial charge in [0, 0.05) is 13.7 Å². The summed E-state index contributed by atoms with van der Waals surface area (Å²) in [6.07, 6.45) is 0.835. The summed E-state index contributed by atoms with van der Waals surface area (Å²) in [5.74, 6) is -0.653. The zero-order valence-electron chi connectivity index (χ0n) is 17.6. The molecule has 0 aromatic rings. The Bertz CT molecular complexity index is 612. The quantitative estimate of drug-likeness (QED) is 0.698. The summed E-state index contributed by atoms with van der Waals surface area (Å²) in [7, 11) is 1.77. The predicted octanol–water partition coefficient (Wildman–Crippen LogP) is 3.39. The minimum Gasteiger partial charge on any atom is -0.384 e. The van der Waals surface area contributed by atoms with Gasteiger partial charge in [0.2, 0.25) is 0 Å². The molecule has 1 unspecified atom stereocenters. The molecule has 1 aliphatic carbocycles. The molecule has 7 atom stereocenters. The highest BCUT2D eigenvalue weighted by Crippen LogP contribution is 2.49. The van der Waals surface area contributed by atoms with Crippen molar-refractivity contribution in [2.24, 2.45) is 11.8 Å². The van der Waals surface area contributed by atoms with Gasteiger partial charge in [-0.05, 0) is 66.2 Å². The Labute approximate surface area is 162 Å². The van der Waals surface area contributed by atoms with Crippen LogP contribution in [-0.4, -0.2) is 56.0 Å². The lowest BCUT2D eigenvalue weighted by Crippen LogP contribution is -2.58. The van der Waals surface area contributed by atoms with E-state index in [1.807, 2.05) is 27.7 Å². The molecule has 0 radical (unpaired) electrons. The average molecular weight is 382 g/mol. The molecule has 0 N–H and O–H groups in total. The molecule has 0 saturated carbocycles. The van der Waals surface area contributed by atoms with Gasteiger partial charge in [-0.15, -0.1) is 0 Å². The maximum atomic E-state index is 6.52. The Morgan fingerprint density at radius 3 is 2.04 bits per heavy atom. The van der Waals surface area contributed by atoms with Crippen molar-refractivity contribution >= 4 is 0 Å². The number of methoxy groups -OCH3 is 1. The number of allylic oxidation sites excluding steroid dienone is 2. The first kappa shape index (κ1) is 19.8. The van der Waals surface area contributed by atoms with Crippen LogP contribution in [0, 0.1) is 11.8 Å². The first-order chi connectivity index (χ1) is 12.6. The van der Waals surface area contributed by atoms with Crippen LogP contribution < -0.4 is 0 Å². The van der Waals surface area contributed by atoms with E-state index in [1.54, 1.807) is 7.11 Å². The largest absolute Gasteiger partial charge is 0.384 e. The van der Waals surface area contributed by atoms with Crippen LogP contribution in [0.1, 0.15) is 54.4 Å². The molecular weight excluding hydrogens is 348 g/mol. The van der Waals surface area contributed by atoms with Crippen LogP contribution in [0.2, 0.25) is 0 Å². The van der Waals surface area contributed by atoms with E-state index in [0.717, 1.165) is 12.8 Å². The summed E-state index contributed by atoms with van der Waals surface area (Å²) >= 11 is 0. The third-order valence-electron chi connectivity index (χ3n) is 6.44. The van der Waals surface area contributed by atoms with Crippen molar-refractivity contribution in [3.8, 4) is 0 Å². The van der Waals surface area contributed by atoms with Gasteiger partial charge in [-0.3, -0.25) is 0 Å².